The van der Waals surface area contributed by atoms with E-state index in [0.29, 0.717) is 17.9 Å². The molecule has 0 bridgehead atoms. The minimum absolute atomic E-state index is 0.293. The number of carbonyl (C=O) groups excluding carboxylic acids is 1. The molecule has 1 heterocycles. The third kappa shape index (κ3) is 3.32. The molecule has 0 saturated heterocycles. The van der Waals surface area contributed by atoms with Crippen LogP contribution in [0.15, 0.2) is 36.7 Å². The van der Waals surface area contributed by atoms with E-state index >= 15 is 0 Å². The number of nitrogens with one attached hydrogen (secondary N) is 1. The minimum Gasteiger partial charge on any atom is -0.486 e. The summed E-state index contributed by atoms with van der Waals surface area (Å²) < 4.78 is 7.47. The summed E-state index contributed by atoms with van der Waals surface area (Å²) in [6.45, 7) is 0.382. The molecule has 0 unspecified atom stereocenters. The van der Waals surface area contributed by atoms with Gasteiger partial charge in [0, 0.05) is 25.0 Å². The molecule has 1 amide bonds. The van der Waals surface area contributed by atoms with E-state index in [1.807, 2.05) is 17.8 Å². The summed E-state index contributed by atoms with van der Waals surface area (Å²) in [5.41, 5.74) is 2.76. The van der Waals surface area contributed by atoms with Crippen LogP contribution in [-0.2, 0) is 18.5 Å². The molecule has 1 N–H and O–H groups in total. The number of aromatic nitrogens is 2. The Hall–Kier alpha value is -2.34. The van der Waals surface area contributed by atoms with Gasteiger partial charge in [-0.2, -0.15) is 0 Å². The van der Waals surface area contributed by atoms with Crippen molar-refractivity contribution < 1.29 is 14.4 Å². The number of rotatable bonds is 5. The van der Waals surface area contributed by atoms with Crippen LogP contribution in [0.4, 0.5) is 0 Å². The number of hydrogen-bond donors (Lipinski definition) is 1. The Balaban J connectivity index is 1.95. The lowest BCUT2D eigenvalue weighted by atomic mass is 10.2. The van der Waals surface area contributed by atoms with Gasteiger partial charge in [0.25, 0.3) is 5.91 Å². The zero-order valence-electron chi connectivity index (χ0n) is 10.8. The average Bonchev–Trinajstić information content (AvgIpc) is 2.83. The molecular formula is C13H15N3O3. The number of ether oxygens (including phenoxy) is 1. The van der Waals surface area contributed by atoms with Gasteiger partial charge >= 0.3 is 0 Å². The van der Waals surface area contributed by atoms with Gasteiger partial charge in [0.2, 0.25) is 0 Å². The zero-order chi connectivity index (χ0) is 13.7. The molecule has 0 aliphatic rings. The molecule has 19 heavy (non-hydrogen) atoms. The van der Waals surface area contributed by atoms with Gasteiger partial charge in [0.15, 0.2) is 0 Å². The fraction of sp³-hybridized carbons (Fsp3) is 0.231. The molecule has 0 fully saturated rings. The van der Waals surface area contributed by atoms with Crippen LogP contribution in [0.25, 0.3) is 0 Å². The highest BCUT2D eigenvalue weighted by Gasteiger charge is 2.05. The van der Waals surface area contributed by atoms with Crippen molar-refractivity contribution in [3.8, 4) is 5.75 Å². The van der Waals surface area contributed by atoms with E-state index in [4.69, 9.17) is 4.74 Å². The third-order valence-corrected chi connectivity index (χ3v) is 2.60. The maximum absolute atomic E-state index is 11.5. The van der Waals surface area contributed by atoms with Crippen LogP contribution < -0.4 is 10.2 Å². The Labute approximate surface area is 110 Å². The summed E-state index contributed by atoms with van der Waals surface area (Å²) in [5.74, 6) is 1.22. The van der Waals surface area contributed by atoms with Gasteiger partial charge in [0.05, 0.1) is 7.11 Å². The fourth-order valence-electron chi connectivity index (χ4n) is 1.54. The first-order valence-corrected chi connectivity index (χ1v) is 5.73. The highest BCUT2D eigenvalue weighted by molar-refractivity contribution is 5.93. The Morgan fingerprint density at radius 2 is 2.11 bits per heavy atom. The molecule has 2 aromatic rings. The van der Waals surface area contributed by atoms with Crippen LogP contribution in [0.3, 0.4) is 0 Å². The lowest BCUT2D eigenvalue weighted by molar-refractivity contribution is 0.0537. The summed E-state index contributed by atoms with van der Waals surface area (Å²) in [6, 6.07) is 6.80. The molecule has 2 rings (SSSR count). The van der Waals surface area contributed by atoms with Gasteiger partial charge in [0.1, 0.15) is 18.2 Å². The second-order valence-electron chi connectivity index (χ2n) is 3.90. The summed E-state index contributed by atoms with van der Waals surface area (Å²) in [6.07, 6.45) is 3.58. The predicted molar refractivity (Wildman–Crippen MR) is 68.5 cm³/mol. The number of aryl methyl sites for hydroxylation is 1. The number of benzene rings is 1. The van der Waals surface area contributed by atoms with Crippen molar-refractivity contribution in [3.05, 3.63) is 48.0 Å². The SMILES string of the molecule is CONC(=O)c1ccc(OCc2nccn2C)cc1. The van der Waals surface area contributed by atoms with Crippen molar-refractivity contribution in [2.75, 3.05) is 7.11 Å². The molecule has 0 aliphatic heterocycles. The van der Waals surface area contributed by atoms with E-state index in [9.17, 15) is 4.79 Å². The topological polar surface area (TPSA) is 65.4 Å². The molecular weight excluding hydrogens is 246 g/mol. The first-order chi connectivity index (χ1) is 9.20. The number of amides is 1. The number of nitrogens with zero attached hydrogens (tertiary/aromatic N) is 2. The summed E-state index contributed by atoms with van der Waals surface area (Å²) in [4.78, 5) is 20.2. The molecule has 6 heteroatoms. The van der Waals surface area contributed by atoms with Crippen molar-refractivity contribution in [2.24, 2.45) is 7.05 Å². The highest BCUT2D eigenvalue weighted by Crippen LogP contribution is 2.13. The number of carbonyl (C=O) groups is 1. The van der Waals surface area contributed by atoms with Gasteiger partial charge in [-0.05, 0) is 24.3 Å². The number of imidazole rings is 1. The summed E-state index contributed by atoms with van der Waals surface area (Å²) >= 11 is 0. The standard InChI is InChI=1S/C13H15N3O3/c1-16-8-7-14-12(16)9-19-11-5-3-10(4-6-11)13(17)15-18-2/h3-8H,9H2,1-2H3,(H,15,17). The van der Waals surface area contributed by atoms with Crippen LogP contribution >= 0.6 is 0 Å². The van der Waals surface area contributed by atoms with Gasteiger partial charge in [-0.25, -0.2) is 10.5 Å². The van der Waals surface area contributed by atoms with Crippen LogP contribution in [0.1, 0.15) is 16.2 Å². The molecule has 6 nitrogen and oxygen atoms in total. The van der Waals surface area contributed by atoms with Crippen molar-refractivity contribution >= 4 is 5.91 Å². The predicted octanol–water partition coefficient (Wildman–Crippen LogP) is 1.29. The maximum Gasteiger partial charge on any atom is 0.274 e. The fourth-order valence-corrected chi connectivity index (χ4v) is 1.54. The summed E-state index contributed by atoms with van der Waals surface area (Å²) in [5, 5.41) is 0. The van der Waals surface area contributed by atoms with Crippen LogP contribution in [0.2, 0.25) is 0 Å². The Kier molecular flexibility index (Phi) is 4.15. The van der Waals surface area contributed by atoms with Crippen LogP contribution in [0.5, 0.6) is 5.75 Å². The summed E-state index contributed by atoms with van der Waals surface area (Å²) in [7, 11) is 3.30. The maximum atomic E-state index is 11.5. The van der Waals surface area contributed by atoms with Gasteiger partial charge in [-0.1, -0.05) is 0 Å². The van der Waals surface area contributed by atoms with Crippen molar-refractivity contribution in [3.63, 3.8) is 0 Å². The molecule has 1 aromatic carbocycles. The largest absolute Gasteiger partial charge is 0.486 e. The Bertz CT molecular complexity index is 549. The molecule has 0 aliphatic carbocycles. The second kappa shape index (κ2) is 6.01. The monoisotopic (exact) mass is 261 g/mol. The van der Waals surface area contributed by atoms with E-state index in [1.165, 1.54) is 7.11 Å². The van der Waals surface area contributed by atoms with E-state index < -0.39 is 0 Å². The smallest absolute Gasteiger partial charge is 0.274 e. The minimum atomic E-state index is -0.293. The van der Waals surface area contributed by atoms with Gasteiger partial charge < -0.3 is 9.30 Å². The number of hydroxylamine groups is 1. The van der Waals surface area contributed by atoms with Crippen molar-refractivity contribution in [1.29, 1.82) is 0 Å². The Morgan fingerprint density at radius 3 is 2.68 bits per heavy atom. The Morgan fingerprint density at radius 1 is 1.37 bits per heavy atom. The van der Waals surface area contributed by atoms with Crippen LogP contribution in [-0.4, -0.2) is 22.6 Å². The quantitative estimate of drug-likeness (QED) is 0.824. The molecule has 0 radical (unpaired) electrons. The molecule has 100 valence electrons. The van der Waals surface area contributed by atoms with Gasteiger partial charge in [-0.15, -0.1) is 0 Å². The van der Waals surface area contributed by atoms with E-state index in [1.54, 1.807) is 30.5 Å². The highest BCUT2D eigenvalue weighted by atomic mass is 16.6. The van der Waals surface area contributed by atoms with E-state index in [0.717, 1.165) is 5.82 Å². The van der Waals surface area contributed by atoms with Crippen molar-refractivity contribution in [2.45, 2.75) is 6.61 Å². The molecule has 1 aromatic heterocycles. The lowest BCUT2D eigenvalue weighted by Gasteiger charge is -2.07. The normalized spacial score (nSPS) is 10.2. The second-order valence-corrected chi connectivity index (χ2v) is 3.90. The zero-order valence-corrected chi connectivity index (χ0v) is 10.8. The molecule has 0 spiro atoms. The molecule has 0 saturated carbocycles. The lowest BCUT2D eigenvalue weighted by Crippen LogP contribution is -2.21. The van der Waals surface area contributed by atoms with E-state index in [2.05, 4.69) is 15.3 Å². The molecule has 0 atom stereocenters. The van der Waals surface area contributed by atoms with Crippen LogP contribution in [0, 0.1) is 0 Å². The average molecular weight is 261 g/mol. The van der Waals surface area contributed by atoms with Gasteiger partial charge in [-0.3, -0.25) is 9.63 Å². The number of hydrogen-bond acceptors (Lipinski definition) is 4. The first kappa shape index (κ1) is 13.1. The third-order valence-electron chi connectivity index (χ3n) is 2.60. The first-order valence-electron chi connectivity index (χ1n) is 5.73. The van der Waals surface area contributed by atoms with Crippen molar-refractivity contribution in [1.82, 2.24) is 15.0 Å². The van der Waals surface area contributed by atoms with E-state index in [-0.39, 0.29) is 5.91 Å².